The van der Waals surface area contributed by atoms with E-state index >= 15 is 0 Å². The lowest BCUT2D eigenvalue weighted by Gasteiger charge is -2.73. The fourth-order valence-electron chi connectivity index (χ4n) is 20.7. The molecule has 0 aromatic carbocycles. The molecule has 0 spiro atoms. The van der Waals surface area contributed by atoms with Crippen LogP contribution in [0.25, 0.3) is 0 Å². The zero-order chi connectivity index (χ0) is 32.7. The number of carbonyl (C=O) groups is 2. The van der Waals surface area contributed by atoms with E-state index in [1.807, 2.05) is 13.8 Å². The number of hydrogen-bond acceptors (Lipinski definition) is 2. The van der Waals surface area contributed by atoms with Crippen molar-refractivity contribution in [3.8, 4) is 0 Å². The van der Waals surface area contributed by atoms with Gasteiger partial charge in [0.2, 0.25) is 0 Å². The zero-order valence-electron chi connectivity index (χ0n) is 30.8. The summed E-state index contributed by atoms with van der Waals surface area (Å²) in [5.74, 6) is 8.61. The van der Waals surface area contributed by atoms with Gasteiger partial charge in [-0.15, -0.1) is 0 Å². The molecule has 16 aliphatic carbocycles. The van der Waals surface area contributed by atoms with Gasteiger partial charge in [-0.25, -0.2) is 0 Å². The summed E-state index contributed by atoms with van der Waals surface area (Å²) in [4.78, 5) is 25.4. The van der Waals surface area contributed by atoms with Crippen molar-refractivity contribution >= 4 is 27.5 Å². The first-order valence-corrected chi connectivity index (χ1v) is 22.2. The molecule has 0 aliphatic heterocycles. The Hall–Kier alpha value is -0.180. The monoisotopic (exact) mass is 716 g/mol. The van der Waals surface area contributed by atoms with Crippen molar-refractivity contribution in [1.29, 1.82) is 0 Å². The predicted octanol–water partition coefficient (Wildman–Crippen LogP) is 11.7. The Bertz CT molecular complexity index is 1290. The van der Waals surface area contributed by atoms with Crippen LogP contribution >= 0.6 is 15.9 Å². The Balaban J connectivity index is 0.000000117. The third-order valence-corrected chi connectivity index (χ3v) is 21.1. The highest BCUT2D eigenvalue weighted by Crippen LogP contribution is 2.80. The zero-order valence-corrected chi connectivity index (χ0v) is 32.4. The molecule has 16 aliphatic rings. The average Bonchev–Trinajstić information content (AvgIpc) is 2.93. The van der Waals surface area contributed by atoms with Crippen molar-refractivity contribution < 1.29 is 9.59 Å². The van der Waals surface area contributed by atoms with Crippen LogP contribution in [0.15, 0.2) is 0 Å². The minimum atomic E-state index is 0.0902. The van der Waals surface area contributed by atoms with Crippen LogP contribution in [0.5, 0.6) is 0 Å². The number of ketones is 2. The third kappa shape index (κ3) is 4.10. The highest BCUT2D eigenvalue weighted by Gasteiger charge is 2.71. The topological polar surface area (TPSA) is 34.1 Å². The molecule has 48 heavy (non-hydrogen) atoms. The van der Waals surface area contributed by atoms with E-state index in [2.05, 4.69) is 22.9 Å². The Morgan fingerprint density at radius 2 is 0.708 bits per heavy atom. The lowest BCUT2D eigenvalue weighted by Crippen LogP contribution is -2.65. The van der Waals surface area contributed by atoms with Crippen LogP contribution in [-0.4, -0.2) is 15.9 Å². The highest BCUT2D eigenvalue weighted by molar-refractivity contribution is 9.10. The molecule has 0 amide bonds. The lowest BCUT2D eigenvalue weighted by atomic mass is 9.31. The Morgan fingerprint density at radius 3 is 1.02 bits per heavy atom. The predicted molar refractivity (Wildman–Crippen MR) is 194 cm³/mol. The van der Waals surface area contributed by atoms with Gasteiger partial charge < -0.3 is 0 Å². The van der Waals surface area contributed by atoms with E-state index in [1.165, 1.54) is 154 Å². The quantitative estimate of drug-likeness (QED) is 0.271. The van der Waals surface area contributed by atoms with Gasteiger partial charge in [0.1, 0.15) is 11.6 Å². The molecule has 0 aromatic rings. The van der Waals surface area contributed by atoms with Gasteiger partial charge in [0.15, 0.2) is 0 Å². The standard InChI is InChI=1S/C23H34O.C22H31BrO/c1-15(24)21-7-18-4-19(8-21)12-23(11-18,14-21)22-9-16-3-17(10-22)6-20(2,5-16)13-22;1-14(24)19-4-15-2-16(5-19)7-20(6-15,12-19)21-8-17-3-18(9-21)11-22(23,10-17)13-21/h16-19H,3-14H2,1-2H3;15-18H,2-13H2,1H3. The summed E-state index contributed by atoms with van der Waals surface area (Å²) in [6.07, 6.45) is 34.4. The van der Waals surface area contributed by atoms with E-state index in [-0.39, 0.29) is 10.8 Å². The summed E-state index contributed by atoms with van der Waals surface area (Å²) < 4.78 is 0.462. The summed E-state index contributed by atoms with van der Waals surface area (Å²) >= 11 is 4.25. The van der Waals surface area contributed by atoms with Crippen molar-refractivity contribution in [2.24, 2.45) is 85.2 Å². The molecule has 0 heterocycles. The van der Waals surface area contributed by atoms with E-state index in [1.54, 1.807) is 0 Å². The first-order chi connectivity index (χ1) is 22.7. The maximum atomic E-state index is 12.7. The van der Waals surface area contributed by atoms with Gasteiger partial charge in [-0.05, 0) is 242 Å². The molecule has 16 saturated carbocycles. The molecule has 264 valence electrons. The van der Waals surface area contributed by atoms with Gasteiger partial charge in [0.25, 0.3) is 0 Å². The Kier molecular flexibility index (Phi) is 6.19. The third-order valence-electron chi connectivity index (χ3n) is 20.2. The van der Waals surface area contributed by atoms with Gasteiger partial charge in [0, 0.05) is 15.2 Å². The van der Waals surface area contributed by atoms with Crippen LogP contribution in [0.2, 0.25) is 0 Å². The fourth-order valence-corrected chi connectivity index (χ4v) is 22.2. The number of hydrogen-bond donors (Lipinski definition) is 0. The second-order valence-electron chi connectivity index (χ2n) is 23.6. The largest absolute Gasteiger partial charge is 0.299 e. The maximum absolute atomic E-state index is 12.7. The summed E-state index contributed by atoms with van der Waals surface area (Å²) in [6, 6.07) is 0. The number of halogens is 1. The van der Waals surface area contributed by atoms with Crippen molar-refractivity contribution in [3.63, 3.8) is 0 Å². The van der Waals surface area contributed by atoms with Crippen LogP contribution in [0.1, 0.15) is 175 Å². The minimum Gasteiger partial charge on any atom is -0.299 e. The van der Waals surface area contributed by atoms with Crippen LogP contribution in [-0.2, 0) is 9.59 Å². The van der Waals surface area contributed by atoms with Crippen LogP contribution in [0.4, 0.5) is 0 Å². The number of rotatable bonds is 4. The van der Waals surface area contributed by atoms with Gasteiger partial charge in [-0.3, -0.25) is 9.59 Å². The van der Waals surface area contributed by atoms with Crippen molar-refractivity contribution in [3.05, 3.63) is 0 Å². The average molecular weight is 718 g/mol. The van der Waals surface area contributed by atoms with E-state index in [9.17, 15) is 9.59 Å². The van der Waals surface area contributed by atoms with Gasteiger partial charge in [-0.2, -0.15) is 0 Å². The van der Waals surface area contributed by atoms with Gasteiger partial charge in [-0.1, -0.05) is 22.9 Å². The second-order valence-corrected chi connectivity index (χ2v) is 25.3. The smallest absolute Gasteiger partial charge is 0.136 e. The molecule has 16 bridgehead atoms. The second kappa shape index (κ2) is 9.48. The number of carbonyl (C=O) groups excluding carboxylic acids is 2. The fraction of sp³-hybridized carbons (Fsp3) is 0.956. The molecule has 2 nitrogen and oxygen atoms in total. The SMILES string of the molecule is CC(=O)C12CC3CC(C1)CC(C14CC5CC(CC(Br)(C5)C1)C4)(C3)C2.CC(=O)C12CC3CC(C1)CC(C14CC5CC(CC(C)(C5)C1)C4)(C3)C2. The molecule has 8 atom stereocenters. The molecule has 0 N–H and O–H groups in total. The Morgan fingerprint density at radius 1 is 0.417 bits per heavy atom. The summed E-state index contributed by atoms with van der Waals surface area (Å²) in [5, 5.41) is 0. The minimum absolute atomic E-state index is 0.0902. The molecular weight excluding hydrogens is 652 g/mol. The van der Waals surface area contributed by atoms with Crippen molar-refractivity contribution in [2.75, 3.05) is 0 Å². The van der Waals surface area contributed by atoms with E-state index in [4.69, 9.17) is 0 Å². The number of alkyl halides is 1. The maximum Gasteiger partial charge on any atom is 0.136 e. The van der Waals surface area contributed by atoms with E-state index in [0.717, 1.165) is 47.3 Å². The van der Waals surface area contributed by atoms with E-state index < -0.39 is 0 Å². The first-order valence-electron chi connectivity index (χ1n) is 21.4. The summed E-state index contributed by atoms with van der Waals surface area (Å²) in [6.45, 7) is 6.48. The van der Waals surface area contributed by atoms with Crippen LogP contribution in [0, 0.1) is 85.2 Å². The van der Waals surface area contributed by atoms with Crippen molar-refractivity contribution in [1.82, 2.24) is 0 Å². The van der Waals surface area contributed by atoms with Gasteiger partial charge in [0.05, 0.1) is 0 Å². The molecule has 16 rings (SSSR count). The molecule has 0 radical (unpaired) electrons. The highest BCUT2D eigenvalue weighted by atomic mass is 79.9. The molecule has 3 heteroatoms. The summed E-state index contributed by atoms with van der Waals surface area (Å²) in [7, 11) is 0. The lowest BCUT2D eigenvalue weighted by molar-refractivity contribution is -0.232. The van der Waals surface area contributed by atoms with Gasteiger partial charge >= 0.3 is 0 Å². The Labute approximate surface area is 300 Å². The van der Waals surface area contributed by atoms with E-state index in [0.29, 0.717) is 43.0 Å². The molecule has 16 fully saturated rings. The van der Waals surface area contributed by atoms with Crippen LogP contribution < -0.4 is 0 Å². The molecule has 8 unspecified atom stereocenters. The molecular formula is C45H65BrO2. The normalized spacial score (nSPS) is 63.1. The van der Waals surface area contributed by atoms with Crippen molar-refractivity contribution in [2.45, 2.75) is 179 Å². The molecule has 0 aromatic heterocycles. The number of Topliss-reactive ketones (excluding diaryl/α,β-unsaturated/α-hetero) is 2. The first kappa shape index (κ1) is 31.4. The molecule has 0 saturated heterocycles. The summed E-state index contributed by atoms with van der Waals surface area (Å²) in [5.41, 5.74) is 3.14. The van der Waals surface area contributed by atoms with Crippen LogP contribution in [0.3, 0.4) is 0 Å².